The minimum Gasteiger partial charge on any atom is -0.403 e. The molecule has 3 rings (SSSR count). The number of rotatable bonds is 3. The average Bonchev–Trinajstić information content (AvgIpc) is 2.56. The highest BCUT2D eigenvalue weighted by Crippen LogP contribution is 2.31. The molecular formula is C18H18F4N2O. The Hall–Kier alpha value is -2.31. The summed E-state index contributed by atoms with van der Waals surface area (Å²) < 4.78 is 54.2. The van der Waals surface area contributed by atoms with Crippen LogP contribution in [0.3, 0.4) is 0 Å². The van der Waals surface area contributed by atoms with Crippen LogP contribution in [0, 0.1) is 11.7 Å². The van der Waals surface area contributed by atoms with E-state index in [1.165, 1.54) is 12.5 Å². The van der Waals surface area contributed by atoms with Crippen LogP contribution in [-0.4, -0.2) is 24.4 Å². The van der Waals surface area contributed by atoms with Crippen molar-refractivity contribution in [3.8, 4) is 17.0 Å². The predicted molar refractivity (Wildman–Crippen MR) is 86.9 cm³/mol. The molecule has 25 heavy (non-hydrogen) atoms. The molecule has 3 nitrogen and oxygen atoms in total. The monoisotopic (exact) mass is 354 g/mol. The molecule has 0 radical (unpaired) electrons. The topological polar surface area (TPSA) is 25.4 Å². The van der Waals surface area contributed by atoms with Gasteiger partial charge in [-0.3, -0.25) is 4.98 Å². The summed E-state index contributed by atoms with van der Waals surface area (Å²) in [4.78, 5) is 6.46. The van der Waals surface area contributed by atoms with E-state index in [2.05, 4.69) is 21.5 Å². The van der Waals surface area contributed by atoms with Gasteiger partial charge in [-0.1, -0.05) is 6.92 Å². The molecule has 0 N–H and O–H groups in total. The lowest BCUT2D eigenvalue weighted by atomic mass is 9.99. The number of hydrogen-bond donors (Lipinski definition) is 0. The molecule has 2 aromatic rings. The van der Waals surface area contributed by atoms with Crippen molar-refractivity contribution in [3.05, 3.63) is 42.3 Å². The van der Waals surface area contributed by atoms with Gasteiger partial charge in [0, 0.05) is 30.5 Å². The van der Waals surface area contributed by atoms with Gasteiger partial charge >= 0.3 is 6.36 Å². The molecule has 134 valence electrons. The van der Waals surface area contributed by atoms with Gasteiger partial charge in [-0.05, 0) is 49.1 Å². The second kappa shape index (κ2) is 6.90. The molecule has 1 atom stereocenters. The maximum Gasteiger partial charge on any atom is 0.573 e. The summed E-state index contributed by atoms with van der Waals surface area (Å²) in [5.41, 5.74) is 1.89. The molecule has 1 fully saturated rings. The highest BCUT2D eigenvalue weighted by molar-refractivity contribution is 5.65. The Morgan fingerprint density at radius 2 is 2.00 bits per heavy atom. The Kier molecular flexibility index (Phi) is 4.83. The molecule has 7 heteroatoms. The summed E-state index contributed by atoms with van der Waals surface area (Å²) in [5, 5.41) is 0. The molecule has 1 aromatic carbocycles. The van der Waals surface area contributed by atoms with E-state index < -0.39 is 17.9 Å². The number of aromatic nitrogens is 1. The van der Waals surface area contributed by atoms with Crippen LogP contribution in [0.1, 0.15) is 19.8 Å². The van der Waals surface area contributed by atoms with E-state index in [0.717, 1.165) is 37.3 Å². The van der Waals surface area contributed by atoms with E-state index in [1.54, 1.807) is 6.20 Å². The van der Waals surface area contributed by atoms with Gasteiger partial charge in [0.15, 0.2) is 11.6 Å². The fourth-order valence-corrected chi connectivity index (χ4v) is 3.07. The van der Waals surface area contributed by atoms with Crippen molar-refractivity contribution in [3.63, 3.8) is 0 Å². The molecule has 1 aliphatic rings. The van der Waals surface area contributed by atoms with E-state index in [0.29, 0.717) is 17.2 Å². The number of nitrogens with zero attached hydrogens (tertiary/aromatic N) is 2. The van der Waals surface area contributed by atoms with Crippen LogP contribution in [0.25, 0.3) is 11.3 Å². The lowest BCUT2D eigenvalue weighted by Crippen LogP contribution is -2.34. The summed E-state index contributed by atoms with van der Waals surface area (Å²) in [7, 11) is 0. The zero-order valence-corrected chi connectivity index (χ0v) is 13.7. The number of pyridine rings is 1. The highest BCUT2D eigenvalue weighted by atomic mass is 19.4. The van der Waals surface area contributed by atoms with Crippen LogP contribution in [0.4, 0.5) is 23.2 Å². The average molecular weight is 354 g/mol. The number of halogens is 4. The normalized spacial score (nSPS) is 18.3. The molecule has 1 aliphatic heterocycles. The molecule has 0 bridgehead atoms. The van der Waals surface area contributed by atoms with Crippen molar-refractivity contribution in [2.75, 3.05) is 18.0 Å². The lowest BCUT2D eigenvalue weighted by molar-refractivity contribution is -0.275. The summed E-state index contributed by atoms with van der Waals surface area (Å²) in [6.45, 7) is 4.08. The number of benzene rings is 1. The number of anilines is 1. The zero-order valence-electron chi connectivity index (χ0n) is 13.7. The van der Waals surface area contributed by atoms with Crippen LogP contribution in [0.15, 0.2) is 36.5 Å². The Morgan fingerprint density at radius 3 is 2.68 bits per heavy atom. The molecule has 2 heterocycles. The van der Waals surface area contributed by atoms with Gasteiger partial charge in [0.2, 0.25) is 0 Å². The minimum atomic E-state index is -4.93. The second-order valence-electron chi connectivity index (χ2n) is 6.29. The quantitative estimate of drug-likeness (QED) is 0.724. The fourth-order valence-electron chi connectivity index (χ4n) is 3.07. The van der Waals surface area contributed by atoms with Gasteiger partial charge in [-0.25, -0.2) is 4.39 Å². The Bertz CT molecular complexity index is 748. The number of hydrogen-bond acceptors (Lipinski definition) is 3. The van der Waals surface area contributed by atoms with Crippen LogP contribution in [0.5, 0.6) is 5.75 Å². The first-order chi connectivity index (χ1) is 11.8. The Morgan fingerprint density at radius 1 is 1.20 bits per heavy atom. The first-order valence-electron chi connectivity index (χ1n) is 8.08. The minimum absolute atomic E-state index is 0.402. The van der Waals surface area contributed by atoms with E-state index in [1.807, 2.05) is 12.1 Å². The van der Waals surface area contributed by atoms with E-state index in [9.17, 15) is 17.6 Å². The molecule has 0 unspecified atom stereocenters. The van der Waals surface area contributed by atoms with Gasteiger partial charge < -0.3 is 9.64 Å². The van der Waals surface area contributed by atoms with Crippen LogP contribution < -0.4 is 9.64 Å². The van der Waals surface area contributed by atoms with Crippen molar-refractivity contribution in [2.45, 2.75) is 26.1 Å². The van der Waals surface area contributed by atoms with E-state index in [-0.39, 0.29) is 0 Å². The molecule has 0 spiro atoms. The summed E-state index contributed by atoms with van der Waals surface area (Å²) in [6.07, 6.45) is -0.995. The molecular weight excluding hydrogens is 336 g/mol. The standard InChI is InChI=1S/C18H18F4N2O/c1-12-3-2-8-24(11-12)14-6-7-23-16(10-14)13-4-5-17(15(19)9-13)25-18(20,21)22/h4-7,9-10,12H,2-3,8,11H2,1H3/t12-/m0/s1. The van der Waals surface area contributed by atoms with Gasteiger partial charge in [0.1, 0.15) is 0 Å². The molecule has 1 saturated heterocycles. The molecule has 0 saturated carbocycles. The summed E-state index contributed by atoms with van der Waals surface area (Å²) >= 11 is 0. The maximum atomic E-state index is 13.9. The van der Waals surface area contributed by atoms with Gasteiger partial charge in [0.05, 0.1) is 5.69 Å². The second-order valence-corrected chi connectivity index (χ2v) is 6.29. The largest absolute Gasteiger partial charge is 0.573 e. The smallest absolute Gasteiger partial charge is 0.403 e. The first kappa shape index (κ1) is 17.5. The fraction of sp³-hybridized carbons (Fsp3) is 0.389. The van der Waals surface area contributed by atoms with Gasteiger partial charge in [-0.2, -0.15) is 0 Å². The van der Waals surface area contributed by atoms with Crippen molar-refractivity contribution in [2.24, 2.45) is 5.92 Å². The third kappa shape index (κ3) is 4.41. The SMILES string of the molecule is C[C@H]1CCCN(c2ccnc(-c3ccc(OC(F)(F)F)c(F)c3)c2)C1. The van der Waals surface area contributed by atoms with E-state index >= 15 is 0 Å². The third-order valence-electron chi connectivity index (χ3n) is 4.22. The number of piperidine rings is 1. The molecule has 0 amide bonds. The Labute approximate surface area is 143 Å². The Balaban J connectivity index is 1.84. The molecule has 0 aliphatic carbocycles. The van der Waals surface area contributed by atoms with Gasteiger partial charge in [-0.15, -0.1) is 13.2 Å². The van der Waals surface area contributed by atoms with Crippen LogP contribution >= 0.6 is 0 Å². The third-order valence-corrected chi connectivity index (χ3v) is 4.22. The summed E-state index contributed by atoms with van der Waals surface area (Å²) in [5.74, 6) is -1.33. The zero-order chi connectivity index (χ0) is 18.0. The van der Waals surface area contributed by atoms with Gasteiger partial charge in [0.25, 0.3) is 0 Å². The van der Waals surface area contributed by atoms with Crippen molar-refractivity contribution in [1.29, 1.82) is 0 Å². The molecule has 1 aromatic heterocycles. The predicted octanol–water partition coefficient (Wildman–Crippen LogP) is 5.02. The van der Waals surface area contributed by atoms with Crippen molar-refractivity contribution < 1.29 is 22.3 Å². The van der Waals surface area contributed by atoms with Crippen LogP contribution in [-0.2, 0) is 0 Å². The highest BCUT2D eigenvalue weighted by Gasteiger charge is 2.32. The number of alkyl halides is 3. The van der Waals surface area contributed by atoms with Crippen molar-refractivity contribution in [1.82, 2.24) is 4.98 Å². The first-order valence-corrected chi connectivity index (χ1v) is 8.08. The van der Waals surface area contributed by atoms with Crippen molar-refractivity contribution >= 4 is 5.69 Å². The van der Waals surface area contributed by atoms with E-state index in [4.69, 9.17) is 0 Å². The lowest BCUT2D eigenvalue weighted by Gasteiger charge is -2.32. The summed E-state index contributed by atoms with van der Waals surface area (Å²) in [6, 6.07) is 7.06. The van der Waals surface area contributed by atoms with Crippen LogP contribution in [0.2, 0.25) is 0 Å². The number of ether oxygens (including phenoxy) is 1. The maximum absolute atomic E-state index is 13.9.